The van der Waals surface area contributed by atoms with Gasteiger partial charge in [0.1, 0.15) is 24.4 Å². The minimum atomic E-state index is -1.27. The average molecular weight is 473 g/mol. The first kappa shape index (κ1) is 44.4. The van der Waals surface area contributed by atoms with Gasteiger partial charge in [0.25, 0.3) is 0 Å². The largest absolute Gasteiger partial charge is 0.394 e. The molecule has 5 atom stereocenters. The van der Waals surface area contributed by atoms with Crippen LogP contribution in [0, 0.1) is 0 Å². The van der Waals surface area contributed by atoms with Crippen LogP contribution in [-0.2, 0) is 19.1 Å². The number of carbonyl (C=O) groups excluding carboxylic acids is 2. The van der Waals surface area contributed by atoms with Crippen LogP contribution in [0.25, 0.3) is 0 Å². The molecular weight excluding hydrogens is 416 g/mol. The molecule has 0 aliphatic carbocycles. The first-order chi connectivity index (χ1) is 15.2. The second-order valence-electron chi connectivity index (χ2n) is 5.18. The number of carbonyl (C=O) groups is 2. The van der Waals surface area contributed by atoms with E-state index in [-0.39, 0.29) is 11.8 Å². The van der Waals surface area contributed by atoms with Crippen LogP contribution in [0.4, 0.5) is 0 Å². The summed E-state index contributed by atoms with van der Waals surface area (Å²) in [6.07, 6.45) is -3.10. The summed E-state index contributed by atoms with van der Waals surface area (Å²) < 4.78 is 10.1. The monoisotopic (exact) mass is 472 g/mol. The Labute approximate surface area is 198 Å². The maximum atomic E-state index is 10.9. The van der Waals surface area contributed by atoms with Gasteiger partial charge in [-0.3, -0.25) is 9.59 Å². The molecule has 1 fully saturated rings. The molecule has 0 saturated carbocycles. The number of amides is 2. The second-order valence-corrected chi connectivity index (χ2v) is 5.18. The van der Waals surface area contributed by atoms with Crippen molar-refractivity contribution < 1.29 is 34.4 Å². The quantitative estimate of drug-likeness (QED) is 0.426. The summed E-state index contributed by atoms with van der Waals surface area (Å²) in [6, 6.07) is -0.861. The third-order valence-electron chi connectivity index (χ3n) is 2.84. The summed E-state index contributed by atoms with van der Waals surface area (Å²) in [4.78, 5) is 20.6. The Morgan fingerprint density at radius 3 is 1.44 bits per heavy atom. The number of hydrogen-bond acceptors (Lipinski definition) is 7. The minimum Gasteiger partial charge on any atom is -0.394 e. The first-order valence-corrected chi connectivity index (χ1v) is 11.8. The van der Waals surface area contributed by atoms with E-state index in [0.29, 0.717) is 0 Å². The molecule has 0 aromatic carbocycles. The van der Waals surface area contributed by atoms with Crippen molar-refractivity contribution in [3.8, 4) is 0 Å². The molecule has 0 aromatic heterocycles. The van der Waals surface area contributed by atoms with Gasteiger partial charge in [-0.1, -0.05) is 75.7 Å². The number of hydrogen-bond donors (Lipinski definition) is 5. The maximum Gasteiger partial charge on any atom is 0.217 e. The van der Waals surface area contributed by atoms with Crippen molar-refractivity contribution in [1.29, 1.82) is 0 Å². The Kier molecular flexibility index (Phi) is 51.5. The third kappa shape index (κ3) is 26.8. The maximum absolute atomic E-state index is 10.9. The van der Waals surface area contributed by atoms with Crippen molar-refractivity contribution in [2.24, 2.45) is 0 Å². The van der Waals surface area contributed by atoms with Gasteiger partial charge in [-0.15, -0.1) is 0 Å². The van der Waals surface area contributed by atoms with Crippen molar-refractivity contribution in [3.05, 3.63) is 0 Å². The van der Waals surface area contributed by atoms with Crippen molar-refractivity contribution in [2.45, 2.75) is 120 Å². The highest BCUT2D eigenvalue weighted by Crippen LogP contribution is 2.21. The number of aliphatic hydroxyl groups excluding tert-OH is 3. The molecule has 5 N–H and O–H groups in total. The van der Waals surface area contributed by atoms with E-state index >= 15 is 0 Å². The van der Waals surface area contributed by atoms with Gasteiger partial charge in [0.15, 0.2) is 6.29 Å². The Hall–Kier alpha value is -1.26. The summed E-state index contributed by atoms with van der Waals surface area (Å²) in [5.41, 5.74) is 0. The predicted molar refractivity (Wildman–Crippen MR) is 133 cm³/mol. The zero-order chi connectivity index (χ0) is 27.3. The van der Waals surface area contributed by atoms with Gasteiger partial charge in [0, 0.05) is 28.0 Å². The van der Waals surface area contributed by atoms with Crippen LogP contribution < -0.4 is 10.6 Å². The molecule has 1 heterocycles. The molecule has 32 heavy (non-hydrogen) atoms. The summed E-state index contributed by atoms with van der Waals surface area (Å²) in [5, 5.41) is 33.1. The molecule has 200 valence electrons. The highest BCUT2D eigenvalue weighted by atomic mass is 16.7. The van der Waals surface area contributed by atoms with E-state index in [0.717, 1.165) is 0 Å². The zero-order valence-corrected chi connectivity index (χ0v) is 23.3. The van der Waals surface area contributed by atoms with Crippen LogP contribution in [-0.4, -0.2) is 78.5 Å². The molecule has 0 aromatic rings. The van der Waals surface area contributed by atoms with Gasteiger partial charge >= 0.3 is 0 Å². The third-order valence-corrected chi connectivity index (χ3v) is 2.84. The highest BCUT2D eigenvalue weighted by Gasteiger charge is 2.44. The molecule has 0 spiro atoms. The van der Waals surface area contributed by atoms with E-state index in [9.17, 15) is 19.8 Å². The van der Waals surface area contributed by atoms with Crippen LogP contribution in [0.3, 0.4) is 0 Å². The molecule has 1 saturated heterocycles. The molecule has 1 aliphatic rings. The van der Waals surface area contributed by atoms with E-state index in [2.05, 4.69) is 24.5 Å². The second kappa shape index (κ2) is 37.1. The molecule has 9 heteroatoms. The predicted octanol–water partition coefficient (Wildman–Crippen LogP) is 2.85. The van der Waals surface area contributed by atoms with Crippen LogP contribution >= 0.6 is 0 Å². The van der Waals surface area contributed by atoms with Gasteiger partial charge in [0.05, 0.1) is 6.61 Å². The van der Waals surface area contributed by atoms with Gasteiger partial charge in [-0.2, -0.15) is 0 Å². The van der Waals surface area contributed by atoms with Crippen molar-refractivity contribution in [1.82, 2.24) is 10.6 Å². The van der Waals surface area contributed by atoms with Crippen molar-refractivity contribution in [3.63, 3.8) is 0 Å². The number of aliphatic hydroxyl groups is 3. The van der Waals surface area contributed by atoms with Gasteiger partial charge in [-0.25, -0.2) is 0 Å². The summed E-state index contributed by atoms with van der Waals surface area (Å²) in [5.74, 6) is -0.366. The molecular formula is C23H56N2O7. The Balaban J connectivity index is -0.0000000878. The number of nitrogens with one attached hydrogen (secondary N) is 2. The van der Waals surface area contributed by atoms with E-state index < -0.39 is 37.3 Å². The van der Waals surface area contributed by atoms with E-state index in [1.54, 1.807) is 7.05 Å². The number of methoxy groups -OCH3 is 1. The fourth-order valence-corrected chi connectivity index (χ4v) is 1.67. The fraction of sp³-hybridized carbons (Fsp3) is 0.913. The molecule has 1 aliphatic heterocycles. The van der Waals surface area contributed by atoms with Crippen molar-refractivity contribution in [2.75, 3.05) is 20.8 Å². The van der Waals surface area contributed by atoms with E-state index in [1.165, 1.54) is 27.4 Å². The minimum absolute atomic E-state index is 0.00463. The fourth-order valence-electron chi connectivity index (χ4n) is 1.67. The SMILES string of the molecule is CC.CC.CC.CC.CCC.CNC(C)=O.CO[C@@H]1OC(CO)[C@@H](O)[C@H](O)C1NC(C)=O. The lowest BCUT2D eigenvalue weighted by Crippen LogP contribution is -2.64. The topological polar surface area (TPSA) is 137 Å². The molecule has 2 amide bonds. The smallest absolute Gasteiger partial charge is 0.217 e. The van der Waals surface area contributed by atoms with Crippen LogP contribution in [0.2, 0.25) is 0 Å². The lowest BCUT2D eigenvalue weighted by Gasteiger charge is -2.41. The number of ether oxygens (including phenoxy) is 2. The normalized spacial score (nSPS) is 22.1. The summed E-state index contributed by atoms with van der Waals surface area (Å²) in [7, 11) is 2.95. The molecule has 1 rings (SSSR count). The Bertz CT molecular complexity index is 357. The van der Waals surface area contributed by atoms with Gasteiger partial charge in [0.2, 0.25) is 11.8 Å². The van der Waals surface area contributed by atoms with Crippen molar-refractivity contribution >= 4 is 11.8 Å². The lowest BCUT2D eigenvalue weighted by molar-refractivity contribution is -0.262. The number of rotatable bonds is 3. The summed E-state index contributed by atoms with van der Waals surface area (Å²) in [6.45, 7) is 22.6. The lowest BCUT2D eigenvalue weighted by atomic mass is 9.97. The molecule has 9 nitrogen and oxygen atoms in total. The molecule has 0 radical (unpaired) electrons. The Morgan fingerprint density at radius 2 is 1.22 bits per heavy atom. The van der Waals surface area contributed by atoms with Crippen LogP contribution in [0.1, 0.15) is 89.5 Å². The first-order valence-electron chi connectivity index (χ1n) is 11.8. The highest BCUT2D eigenvalue weighted by molar-refractivity contribution is 5.73. The zero-order valence-electron chi connectivity index (χ0n) is 23.3. The van der Waals surface area contributed by atoms with E-state index in [4.69, 9.17) is 14.6 Å². The van der Waals surface area contributed by atoms with Gasteiger partial charge in [-0.05, 0) is 0 Å². The Morgan fingerprint density at radius 1 is 0.875 bits per heavy atom. The standard InChI is InChI=1S/C9H17NO6.C3H7NO.C3H8.4C2H6/c1-4(12)10-6-8(14)7(13)5(3-11)16-9(6)15-2;1-3(5)4-2;1-3-2;4*1-2/h5-9,11,13-14H,3H2,1-2H3,(H,10,12);1-2H3,(H,4,5);3H2,1-2H3;4*1-2H3/t5?,6?,7-,8-,9-;;;;;;/m1....../s1. The van der Waals surface area contributed by atoms with Crippen LogP contribution in [0.5, 0.6) is 0 Å². The molecule has 0 bridgehead atoms. The van der Waals surface area contributed by atoms with Gasteiger partial charge < -0.3 is 35.4 Å². The van der Waals surface area contributed by atoms with Crippen LogP contribution in [0.15, 0.2) is 0 Å². The average Bonchev–Trinajstić information content (AvgIpc) is 2.83. The summed E-state index contributed by atoms with van der Waals surface area (Å²) >= 11 is 0. The molecule has 2 unspecified atom stereocenters. The van der Waals surface area contributed by atoms with E-state index in [1.807, 2.05) is 55.4 Å².